The fourth-order valence-corrected chi connectivity index (χ4v) is 3.27. The van der Waals surface area contributed by atoms with Crippen molar-refractivity contribution in [1.29, 1.82) is 0 Å². The summed E-state index contributed by atoms with van der Waals surface area (Å²) in [6.07, 6.45) is 1.17. The first-order valence-corrected chi connectivity index (χ1v) is 7.04. The molecule has 3 rings (SSSR count). The molecule has 0 radical (unpaired) electrons. The zero-order valence-corrected chi connectivity index (χ0v) is 10.8. The molecular formula is C12H15N5S. The lowest BCUT2D eigenvalue weighted by Crippen LogP contribution is -2.19. The first kappa shape index (κ1) is 11.7. The third-order valence-corrected chi connectivity index (χ3v) is 4.33. The summed E-state index contributed by atoms with van der Waals surface area (Å²) in [6.45, 7) is 1.24. The normalized spacial score (nSPS) is 17.3. The van der Waals surface area contributed by atoms with Gasteiger partial charge in [-0.25, -0.2) is 4.68 Å². The van der Waals surface area contributed by atoms with E-state index in [9.17, 15) is 0 Å². The first-order chi connectivity index (χ1) is 8.88. The maximum atomic E-state index is 5.52. The number of benzene rings is 1. The molecule has 0 aliphatic heterocycles. The Balaban J connectivity index is 1.61. The number of nitrogens with zero attached hydrogens (tertiary/aromatic N) is 4. The molecule has 0 fully saturated rings. The van der Waals surface area contributed by atoms with Gasteiger partial charge in [-0.05, 0) is 33.9 Å². The highest BCUT2D eigenvalue weighted by molar-refractivity contribution is 7.99. The van der Waals surface area contributed by atoms with Crippen LogP contribution in [-0.2, 0) is 13.0 Å². The summed E-state index contributed by atoms with van der Waals surface area (Å²) in [6, 6.07) is 8.63. The Bertz CT molecular complexity index is 539. The summed E-state index contributed by atoms with van der Waals surface area (Å²) in [4.78, 5) is 0. The van der Waals surface area contributed by atoms with Crippen LogP contribution < -0.4 is 5.73 Å². The quantitative estimate of drug-likeness (QED) is 0.815. The minimum atomic E-state index is 0.560. The maximum Gasteiger partial charge on any atom is 0.209 e. The van der Waals surface area contributed by atoms with E-state index in [1.54, 1.807) is 16.4 Å². The second-order valence-electron chi connectivity index (χ2n) is 4.38. The van der Waals surface area contributed by atoms with Gasteiger partial charge in [-0.2, -0.15) is 0 Å². The van der Waals surface area contributed by atoms with Gasteiger partial charge in [0.05, 0.1) is 6.54 Å². The van der Waals surface area contributed by atoms with Gasteiger partial charge in [0.2, 0.25) is 5.16 Å². The van der Waals surface area contributed by atoms with Gasteiger partial charge in [0.25, 0.3) is 0 Å². The van der Waals surface area contributed by atoms with Crippen LogP contribution in [0.25, 0.3) is 0 Å². The molecule has 1 unspecified atom stereocenters. The standard InChI is InChI=1S/C12H15N5S/c13-5-6-17-12(14-15-16-17)18-8-10-7-9-3-1-2-4-11(9)10/h1-4,10H,5-8,13H2. The van der Waals surface area contributed by atoms with E-state index in [0.717, 1.165) is 10.9 Å². The number of nitrogens with two attached hydrogens (primary N) is 1. The predicted octanol–water partition coefficient (Wildman–Crippen LogP) is 1.06. The number of hydrogen-bond acceptors (Lipinski definition) is 5. The Morgan fingerprint density at radius 3 is 3.11 bits per heavy atom. The van der Waals surface area contributed by atoms with Crippen molar-refractivity contribution < 1.29 is 0 Å². The van der Waals surface area contributed by atoms with E-state index >= 15 is 0 Å². The van der Waals surface area contributed by atoms with Crippen LogP contribution in [0.2, 0.25) is 0 Å². The number of fused-ring (bicyclic) bond motifs is 1. The van der Waals surface area contributed by atoms with Gasteiger partial charge in [-0.15, -0.1) is 5.10 Å². The van der Waals surface area contributed by atoms with Crippen molar-refractivity contribution in [3.63, 3.8) is 0 Å². The molecule has 1 atom stereocenters. The minimum Gasteiger partial charge on any atom is -0.329 e. The number of aromatic nitrogens is 4. The summed E-state index contributed by atoms with van der Waals surface area (Å²) in [7, 11) is 0. The van der Waals surface area contributed by atoms with Crippen LogP contribution in [0.4, 0.5) is 0 Å². The zero-order valence-electron chi connectivity index (χ0n) is 9.99. The first-order valence-electron chi connectivity index (χ1n) is 6.05. The van der Waals surface area contributed by atoms with Gasteiger partial charge in [-0.3, -0.25) is 0 Å². The second-order valence-corrected chi connectivity index (χ2v) is 5.37. The van der Waals surface area contributed by atoms with E-state index in [1.807, 2.05) is 0 Å². The number of thioether (sulfide) groups is 1. The molecule has 0 spiro atoms. The van der Waals surface area contributed by atoms with Crippen molar-refractivity contribution in [3.8, 4) is 0 Å². The third kappa shape index (κ3) is 2.13. The average Bonchev–Trinajstić information content (AvgIpc) is 2.79. The average molecular weight is 261 g/mol. The number of hydrogen-bond donors (Lipinski definition) is 1. The van der Waals surface area contributed by atoms with E-state index < -0.39 is 0 Å². The molecule has 0 saturated heterocycles. The highest BCUT2D eigenvalue weighted by atomic mass is 32.2. The largest absolute Gasteiger partial charge is 0.329 e. The van der Waals surface area contributed by atoms with Crippen molar-refractivity contribution in [2.75, 3.05) is 12.3 Å². The molecule has 0 saturated carbocycles. The predicted molar refractivity (Wildman–Crippen MR) is 70.5 cm³/mol. The molecule has 1 aromatic carbocycles. The Morgan fingerprint density at radius 1 is 1.39 bits per heavy atom. The highest BCUT2D eigenvalue weighted by Gasteiger charge is 2.25. The Hall–Kier alpha value is -1.40. The van der Waals surface area contributed by atoms with Crippen molar-refractivity contribution in [3.05, 3.63) is 35.4 Å². The van der Waals surface area contributed by atoms with Crippen LogP contribution in [0.15, 0.2) is 29.4 Å². The second kappa shape index (κ2) is 5.07. The van der Waals surface area contributed by atoms with E-state index in [4.69, 9.17) is 5.73 Å². The van der Waals surface area contributed by atoms with Crippen molar-refractivity contribution in [2.45, 2.75) is 24.0 Å². The van der Waals surface area contributed by atoms with Crippen molar-refractivity contribution in [1.82, 2.24) is 20.2 Å². The van der Waals surface area contributed by atoms with Gasteiger partial charge < -0.3 is 5.73 Å². The Labute approximate surface area is 110 Å². The minimum absolute atomic E-state index is 0.560. The van der Waals surface area contributed by atoms with Gasteiger partial charge in [-0.1, -0.05) is 36.0 Å². The van der Waals surface area contributed by atoms with Crippen LogP contribution in [0.1, 0.15) is 17.0 Å². The van der Waals surface area contributed by atoms with Crippen LogP contribution >= 0.6 is 11.8 Å². The fraction of sp³-hybridized carbons (Fsp3) is 0.417. The maximum absolute atomic E-state index is 5.52. The lowest BCUT2D eigenvalue weighted by atomic mass is 9.79. The van der Waals surface area contributed by atoms with Crippen LogP contribution in [0.5, 0.6) is 0 Å². The third-order valence-electron chi connectivity index (χ3n) is 3.21. The van der Waals surface area contributed by atoms with Crippen LogP contribution in [0.3, 0.4) is 0 Å². The van der Waals surface area contributed by atoms with Gasteiger partial charge >= 0.3 is 0 Å². The summed E-state index contributed by atoms with van der Waals surface area (Å²) in [5.41, 5.74) is 8.47. The Kier molecular flexibility index (Phi) is 3.29. The van der Waals surface area contributed by atoms with Gasteiger partial charge in [0.15, 0.2) is 0 Å². The summed E-state index contributed by atoms with van der Waals surface area (Å²) in [5, 5.41) is 12.5. The molecule has 2 aromatic rings. The molecular weight excluding hydrogens is 246 g/mol. The van der Waals surface area contributed by atoms with Crippen LogP contribution in [0, 0.1) is 0 Å². The van der Waals surface area contributed by atoms with E-state index in [0.29, 0.717) is 19.0 Å². The Morgan fingerprint density at radius 2 is 2.28 bits per heavy atom. The summed E-state index contributed by atoms with van der Waals surface area (Å²) < 4.78 is 1.77. The smallest absolute Gasteiger partial charge is 0.209 e. The van der Waals surface area contributed by atoms with E-state index in [1.165, 1.54) is 17.5 Å². The monoisotopic (exact) mass is 261 g/mol. The van der Waals surface area contributed by atoms with E-state index in [2.05, 4.69) is 39.8 Å². The fourth-order valence-electron chi connectivity index (χ4n) is 2.25. The van der Waals surface area contributed by atoms with Crippen molar-refractivity contribution in [2.24, 2.45) is 5.73 Å². The van der Waals surface area contributed by atoms with Crippen molar-refractivity contribution >= 4 is 11.8 Å². The molecule has 0 bridgehead atoms. The van der Waals surface area contributed by atoms with E-state index in [-0.39, 0.29) is 0 Å². The molecule has 18 heavy (non-hydrogen) atoms. The molecule has 1 aliphatic carbocycles. The summed E-state index contributed by atoms with van der Waals surface area (Å²) in [5.74, 6) is 1.66. The lowest BCUT2D eigenvalue weighted by Gasteiger charge is -2.29. The molecule has 2 N–H and O–H groups in total. The van der Waals surface area contributed by atoms with Gasteiger partial charge in [0.1, 0.15) is 0 Å². The van der Waals surface area contributed by atoms with Crippen LogP contribution in [-0.4, -0.2) is 32.5 Å². The topological polar surface area (TPSA) is 69.6 Å². The molecule has 94 valence electrons. The lowest BCUT2D eigenvalue weighted by molar-refractivity contribution is 0.556. The van der Waals surface area contributed by atoms with Gasteiger partial charge in [0, 0.05) is 12.3 Å². The molecule has 0 amide bonds. The highest BCUT2D eigenvalue weighted by Crippen LogP contribution is 2.38. The molecule has 6 heteroatoms. The molecule has 5 nitrogen and oxygen atoms in total. The number of tetrazole rings is 1. The molecule has 1 heterocycles. The SMILES string of the molecule is NCCn1nnnc1SCC1Cc2ccccc21. The summed E-state index contributed by atoms with van der Waals surface area (Å²) >= 11 is 1.71. The number of rotatable bonds is 5. The molecule has 1 aliphatic rings. The zero-order chi connectivity index (χ0) is 12.4. The molecule has 1 aromatic heterocycles.